The van der Waals surface area contributed by atoms with Gasteiger partial charge in [-0.1, -0.05) is 20.3 Å². The number of anilines is 1. The lowest BCUT2D eigenvalue weighted by Gasteiger charge is -2.36. The summed E-state index contributed by atoms with van der Waals surface area (Å²) in [6.45, 7) is 10.6. The molecule has 1 atom stereocenters. The average Bonchev–Trinajstić information content (AvgIpc) is 3.16. The Labute approximate surface area is 199 Å². The van der Waals surface area contributed by atoms with Crippen LogP contribution in [-0.2, 0) is 9.59 Å². The van der Waals surface area contributed by atoms with Crippen LogP contribution in [0.15, 0.2) is 24.3 Å². The minimum Gasteiger partial charge on any atom is -0.494 e. The maximum absolute atomic E-state index is 13.2. The number of hydrogen-bond donors (Lipinski definition) is 0. The third-order valence-electron chi connectivity index (χ3n) is 7.92. The SMILES string of the molecule is CCCOc1ccc(N2C(=O)C[C@@H](N3CCC(CCN4CCC(CC)CC4)CC3)C2=O)cc1. The monoisotopic (exact) mass is 455 g/mol. The highest BCUT2D eigenvalue weighted by molar-refractivity contribution is 6.22. The van der Waals surface area contributed by atoms with Crippen molar-refractivity contribution >= 4 is 17.5 Å². The molecule has 1 aromatic carbocycles. The van der Waals surface area contributed by atoms with E-state index < -0.39 is 0 Å². The number of amides is 2. The van der Waals surface area contributed by atoms with Crippen molar-refractivity contribution in [1.82, 2.24) is 9.80 Å². The fourth-order valence-corrected chi connectivity index (χ4v) is 5.62. The van der Waals surface area contributed by atoms with Crippen LogP contribution in [-0.4, -0.2) is 67.0 Å². The predicted octanol–water partition coefficient (Wildman–Crippen LogP) is 4.33. The summed E-state index contributed by atoms with van der Waals surface area (Å²) in [4.78, 5) is 32.2. The van der Waals surface area contributed by atoms with Crippen molar-refractivity contribution in [3.63, 3.8) is 0 Å². The quantitative estimate of drug-likeness (QED) is 0.519. The number of likely N-dealkylation sites (tertiary alicyclic amines) is 2. The van der Waals surface area contributed by atoms with E-state index in [0.717, 1.165) is 49.9 Å². The van der Waals surface area contributed by atoms with E-state index in [1.54, 1.807) is 0 Å². The Morgan fingerprint density at radius 1 is 0.909 bits per heavy atom. The van der Waals surface area contributed by atoms with Crippen molar-refractivity contribution in [2.75, 3.05) is 44.2 Å². The summed E-state index contributed by atoms with van der Waals surface area (Å²) in [5.41, 5.74) is 0.651. The van der Waals surface area contributed by atoms with Crippen molar-refractivity contribution in [3.8, 4) is 5.75 Å². The third-order valence-corrected chi connectivity index (χ3v) is 7.92. The zero-order chi connectivity index (χ0) is 23.2. The van der Waals surface area contributed by atoms with Crippen molar-refractivity contribution in [2.45, 2.75) is 71.3 Å². The fraction of sp³-hybridized carbons (Fsp3) is 0.704. The molecule has 6 heteroatoms. The molecule has 33 heavy (non-hydrogen) atoms. The molecule has 0 saturated carbocycles. The van der Waals surface area contributed by atoms with Crippen molar-refractivity contribution in [2.24, 2.45) is 11.8 Å². The van der Waals surface area contributed by atoms with Crippen LogP contribution in [0.5, 0.6) is 5.75 Å². The van der Waals surface area contributed by atoms with E-state index in [1.165, 1.54) is 50.2 Å². The number of ether oxygens (including phenoxy) is 1. The lowest BCUT2D eigenvalue weighted by atomic mass is 9.91. The molecule has 0 bridgehead atoms. The summed E-state index contributed by atoms with van der Waals surface area (Å²) in [7, 11) is 0. The van der Waals surface area contributed by atoms with Gasteiger partial charge in [-0.25, -0.2) is 4.90 Å². The fourth-order valence-electron chi connectivity index (χ4n) is 5.62. The second-order valence-corrected chi connectivity index (χ2v) is 10.1. The lowest BCUT2D eigenvalue weighted by Crippen LogP contribution is -2.46. The number of piperidine rings is 2. The number of carbonyl (C=O) groups is 2. The zero-order valence-electron chi connectivity index (χ0n) is 20.5. The van der Waals surface area contributed by atoms with E-state index in [0.29, 0.717) is 18.7 Å². The average molecular weight is 456 g/mol. The second kappa shape index (κ2) is 11.5. The molecular weight excluding hydrogens is 414 g/mol. The maximum Gasteiger partial charge on any atom is 0.251 e. The van der Waals surface area contributed by atoms with Gasteiger partial charge in [-0.2, -0.15) is 0 Å². The van der Waals surface area contributed by atoms with E-state index in [4.69, 9.17) is 4.74 Å². The van der Waals surface area contributed by atoms with Gasteiger partial charge < -0.3 is 9.64 Å². The van der Waals surface area contributed by atoms with Gasteiger partial charge in [0, 0.05) is 0 Å². The molecule has 3 aliphatic heterocycles. The van der Waals surface area contributed by atoms with Crippen LogP contribution in [0.3, 0.4) is 0 Å². The molecule has 2 amide bonds. The van der Waals surface area contributed by atoms with Crippen LogP contribution >= 0.6 is 0 Å². The molecule has 0 aliphatic carbocycles. The number of hydrogen-bond acceptors (Lipinski definition) is 5. The molecule has 3 aliphatic rings. The van der Waals surface area contributed by atoms with Gasteiger partial charge in [-0.05, 0) is 107 Å². The Morgan fingerprint density at radius 3 is 2.21 bits per heavy atom. The molecule has 0 unspecified atom stereocenters. The highest BCUT2D eigenvalue weighted by Crippen LogP contribution is 2.31. The number of imide groups is 1. The summed E-state index contributed by atoms with van der Waals surface area (Å²) < 4.78 is 5.62. The molecule has 3 fully saturated rings. The van der Waals surface area contributed by atoms with Gasteiger partial charge in [-0.15, -0.1) is 0 Å². The Kier molecular flexibility index (Phi) is 8.42. The van der Waals surface area contributed by atoms with Gasteiger partial charge in [-0.3, -0.25) is 14.5 Å². The van der Waals surface area contributed by atoms with Crippen molar-refractivity contribution in [1.29, 1.82) is 0 Å². The number of carbonyl (C=O) groups excluding carboxylic acids is 2. The van der Waals surface area contributed by atoms with Gasteiger partial charge >= 0.3 is 0 Å². The Bertz CT molecular complexity index is 780. The minimum atomic E-state index is -0.303. The van der Waals surface area contributed by atoms with Gasteiger partial charge in [0.15, 0.2) is 0 Å². The van der Waals surface area contributed by atoms with Crippen molar-refractivity contribution in [3.05, 3.63) is 24.3 Å². The molecular formula is C27H41N3O3. The molecule has 6 nitrogen and oxygen atoms in total. The first kappa shape index (κ1) is 24.2. The summed E-state index contributed by atoms with van der Waals surface area (Å²) >= 11 is 0. The lowest BCUT2D eigenvalue weighted by molar-refractivity contribution is -0.123. The maximum atomic E-state index is 13.2. The van der Waals surface area contributed by atoms with Crippen molar-refractivity contribution < 1.29 is 14.3 Å². The minimum absolute atomic E-state index is 0.0699. The highest BCUT2D eigenvalue weighted by Gasteiger charge is 2.43. The Hall–Kier alpha value is -1.92. The van der Waals surface area contributed by atoms with Crippen LogP contribution in [0, 0.1) is 11.8 Å². The van der Waals surface area contributed by atoms with Gasteiger partial charge in [0.2, 0.25) is 5.91 Å². The first-order valence-electron chi connectivity index (χ1n) is 13.1. The molecule has 0 radical (unpaired) electrons. The normalized spacial score (nSPS) is 24.1. The summed E-state index contributed by atoms with van der Waals surface area (Å²) in [6, 6.07) is 7.02. The smallest absolute Gasteiger partial charge is 0.251 e. The van der Waals surface area contributed by atoms with Crippen LogP contribution in [0.2, 0.25) is 0 Å². The standard InChI is InChI=1S/C27H41N3O3/c1-3-19-33-24-7-5-23(6-8-24)30-26(31)20-25(27(30)32)29-17-12-22(13-18-29)11-16-28-14-9-21(4-2)10-15-28/h5-8,21-22,25H,3-4,9-20H2,1-2H3/t25-/m1/s1. The largest absolute Gasteiger partial charge is 0.494 e. The highest BCUT2D eigenvalue weighted by atomic mass is 16.5. The zero-order valence-corrected chi connectivity index (χ0v) is 20.5. The first-order valence-corrected chi connectivity index (χ1v) is 13.1. The van der Waals surface area contributed by atoms with Crippen LogP contribution in [0.4, 0.5) is 5.69 Å². The Morgan fingerprint density at radius 2 is 1.58 bits per heavy atom. The number of nitrogens with zero attached hydrogens (tertiary/aromatic N) is 3. The molecule has 0 N–H and O–H groups in total. The number of benzene rings is 1. The first-order chi connectivity index (χ1) is 16.1. The van der Waals surface area contributed by atoms with Gasteiger partial charge in [0.1, 0.15) is 5.75 Å². The van der Waals surface area contributed by atoms with E-state index in [2.05, 4.69) is 23.6 Å². The molecule has 1 aromatic rings. The predicted molar refractivity (Wildman–Crippen MR) is 131 cm³/mol. The van der Waals surface area contributed by atoms with E-state index in [-0.39, 0.29) is 17.9 Å². The number of rotatable bonds is 9. The van der Waals surface area contributed by atoms with E-state index >= 15 is 0 Å². The van der Waals surface area contributed by atoms with Gasteiger partial charge in [0.05, 0.1) is 24.8 Å². The second-order valence-electron chi connectivity index (χ2n) is 10.1. The van der Waals surface area contributed by atoms with Crippen LogP contribution < -0.4 is 9.64 Å². The van der Waals surface area contributed by atoms with E-state index in [9.17, 15) is 9.59 Å². The third kappa shape index (κ3) is 5.96. The molecule has 4 rings (SSSR count). The molecule has 3 heterocycles. The Balaban J connectivity index is 1.24. The van der Waals surface area contributed by atoms with Crippen LogP contribution in [0.1, 0.15) is 65.2 Å². The molecule has 0 aromatic heterocycles. The van der Waals surface area contributed by atoms with E-state index in [1.807, 2.05) is 24.3 Å². The topological polar surface area (TPSA) is 53.1 Å². The van der Waals surface area contributed by atoms with Crippen LogP contribution in [0.25, 0.3) is 0 Å². The summed E-state index contributed by atoms with van der Waals surface area (Å²) in [6.07, 6.45) is 8.81. The summed E-state index contributed by atoms with van der Waals surface area (Å²) in [5, 5.41) is 0. The molecule has 3 saturated heterocycles. The molecule has 0 spiro atoms. The summed E-state index contributed by atoms with van der Waals surface area (Å²) in [5.74, 6) is 2.28. The molecule has 182 valence electrons. The van der Waals surface area contributed by atoms with Gasteiger partial charge in [0.25, 0.3) is 5.91 Å².